The number of nitrogens with two attached hydrogens (primary N) is 1. The topological polar surface area (TPSA) is 130 Å². The molecule has 0 aliphatic rings. The quantitative estimate of drug-likeness (QED) is 0.546. The first-order valence-corrected chi connectivity index (χ1v) is 7.06. The van der Waals surface area contributed by atoms with Gasteiger partial charge < -0.3 is 15.9 Å². The minimum absolute atomic E-state index is 0.158. The standard InChI is InChI=1S/C11H16N2O5S/c1-2-8(6-14)13-19(17,18)10-4-3-7(12)5-9(10)11(15)16/h3-5,8,13-14H,2,6,12H2,1H3,(H,15,16)/t8-/m1/s1. The summed E-state index contributed by atoms with van der Waals surface area (Å²) in [5.74, 6) is -1.38. The second-order valence-electron chi connectivity index (χ2n) is 3.97. The Balaban J connectivity index is 3.25. The van der Waals surface area contributed by atoms with Crippen molar-refractivity contribution in [1.29, 1.82) is 0 Å². The van der Waals surface area contributed by atoms with Crippen LogP contribution in [0.2, 0.25) is 0 Å². The highest BCUT2D eigenvalue weighted by molar-refractivity contribution is 7.89. The lowest BCUT2D eigenvalue weighted by molar-refractivity contribution is 0.0692. The number of sulfonamides is 1. The second kappa shape index (κ2) is 6.00. The Kier molecular flexibility index (Phi) is 4.87. The van der Waals surface area contributed by atoms with Crippen LogP contribution in [0.4, 0.5) is 5.69 Å². The van der Waals surface area contributed by atoms with Gasteiger partial charge in [0, 0.05) is 11.7 Å². The van der Waals surface area contributed by atoms with Gasteiger partial charge in [0.25, 0.3) is 0 Å². The largest absolute Gasteiger partial charge is 0.478 e. The molecular formula is C11H16N2O5S. The molecule has 0 aliphatic carbocycles. The van der Waals surface area contributed by atoms with Crippen molar-refractivity contribution in [1.82, 2.24) is 4.72 Å². The van der Waals surface area contributed by atoms with Gasteiger partial charge in [-0.25, -0.2) is 17.9 Å². The van der Waals surface area contributed by atoms with Crippen LogP contribution in [0, 0.1) is 0 Å². The molecule has 0 aliphatic heterocycles. The number of anilines is 1. The van der Waals surface area contributed by atoms with Crippen molar-refractivity contribution >= 4 is 21.7 Å². The van der Waals surface area contributed by atoms with Crippen LogP contribution >= 0.6 is 0 Å². The average molecular weight is 288 g/mol. The number of benzene rings is 1. The molecule has 19 heavy (non-hydrogen) atoms. The summed E-state index contributed by atoms with van der Waals surface area (Å²) >= 11 is 0. The minimum atomic E-state index is -4.02. The van der Waals surface area contributed by atoms with E-state index < -0.39 is 27.6 Å². The summed E-state index contributed by atoms with van der Waals surface area (Å²) < 4.78 is 26.4. The molecule has 0 bridgehead atoms. The maximum atomic E-state index is 12.1. The lowest BCUT2D eigenvalue weighted by atomic mass is 10.2. The van der Waals surface area contributed by atoms with Gasteiger partial charge in [0.15, 0.2) is 0 Å². The summed E-state index contributed by atoms with van der Waals surface area (Å²) in [6, 6.07) is 2.85. The molecule has 1 aromatic carbocycles. The van der Waals surface area contributed by atoms with Crippen LogP contribution in [0.3, 0.4) is 0 Å². The summed E-state index contributed by atoms with van der Waals surface area (Å²) in [5, 5.41) is 18.0. The Hall–Kier alpha value is -1.64. The Bertz CT molecular complexity index is 566. The second-order valence-corrected chi connectivity index (χ2v) is 5.65. The third-order valence-corrected chi connectivity index (χ3v) is 4.14. The van der Waals surface area contributed by atoms with Gasteiger partial charge in [0.2, 0.25) is 10.0 Å². The number of hydrogen-bond acceptors (Lipinski definition) is 5. The number of aliphatic hydroxyl groups is 1. The van der Waals surface area contributed by atoms with Gasteiger partial charge in [-0.2, -0.15) is 0 Å². The normalized spacial score (nSPS) is 13.2. The molecule has 8 heteroatoms. The molecule has 7 nitrogen and oxygen atoms in total. The Morgan fingerprint density at radius 3 is 2.58 bits per heavy atom. The van der Waals surface area contributed by atoms with Crippen molar-refractivity contribution in [3.63, 3.8) is 0 Å². The summed E-state index contributed by atoms with van der Waals surface area (Å²) in [5.41, 5.74) is 5.20. The Morgan fingerprint density at radius 2 is 2.11 bits per heavy atom. The zero-order chi connectivity index (χ0) is 14.6. The maximum absolute atomic E-state index is 12.1. The van der Waals surface area contributed by atoms with E-state index in [-0.39, 0.29) is 17.2 Å². The number of carboxylic acid groups (broad SMARTS) is 1. The van der Waals surface area contributed by atoms with E-state index in [0.717, 1.165) is 12.1 Å². The number of aliphatic hydroxyl groups excluding tert-OH is 1. The SMILES string of the molecule is CC[C@H](CO)NS(=O)(=O)c1ccc(N)cc1C(=O)O. The number of carboxylic acids is 1. The van der Waals surface area contributed by atoms with Crippen molar-refractivity contribution in [3.8, 4) is 0 Å². The van der Waals surface area contributed by atoms with E-state index >= 15 is 0 Å². The molecule has 1 rings (SSSR count). The van der Waals surface area contributed by atoms with Crippen LogP contribution in [0.5, 0.6) is 0 Å². The van der Waals surface area contributed by atoms with Crippen LogP contribution in [-0.2, 0) is 10.0 Å². The molecule has 0 saturated heterocycles. The van der Waals surface area contributed by atoms with Gasteiger partial charge >= 0.3 is 5.97 Å². The molecule has 0 spiro atoms. The Morgan fingerprint density at radius 1 is 1.47 bits per heavy atom. The molecule has 0 radical (unpaired) electrons. The van der Waals surface area contributed by atoms with E-state index in [4.69, 9.17) is 15.9 Å². The highest BCUT2D eigenvalue weighted by atomic mass is 32.2. The van der Waals surface area contributed by atoms with Crippen LogP contribution in [-0.4, -0.2) is 37.2 Å². The van der Waals surface area contributed by atoms with Gasteiger partial charge in [-0.15, -0.1) is 0 Å². The van der Waals surface area contributed by atoms with Gasteiger partial charge in [-0.05, 0) is 24.6 Å². The molecule has 0 unspecified atom stereocenters. The molecule has 0 aromatic heterocycles. The molecule has 106 valence electrons. The third-order valence-electron chi connectivity index (χ3n) is 2.56. The van der Waals surface area contributed by atoms with Gasteiger partial charge in [0.05, 0.1) is 17.1 Å². The fourth-order valence-corrected chi connectivity index (χ4v) is 2.97. The highest BCUT2D eigenvalue weighted by Crippen LogP contribution is 2.19. The highest BCUT2D eigenvalue weighted by Gasteiger charge is 2.24. The van der Waals surface area contributed by atoms with E-state index in [1.165, 1.54) is 6.07 Å². The van der Waals surface area contributed by atoms with Crippen molar-refractivity contribution in [2.45, 2.75) is 24.3 Å². The smallest absolute Gasteiger partial charge is 0.337 e. The average Bonchev–Trinajstić information content (AvgIpc) is 2.35. The predicted octanol–water partition coefficient (Wildman–Crippen LogP) is 0.0162. The number of hydrogen-bond donors (Lipinski definition) is 4. The summed E-state index contributed by atoms with van der Waals surface area (Å²) in [4.78, 5) is 10.7. The van der Waals surface area contributed by atoms with Crippen molar-refractivity contribution in [2.75, 3.05) is 12.3 Å². The molecule has 5 N–H and O–H groups in total. The summed E-state index contributed by atoms with van der Waals surface area (Å²) in [6.45, 7) is 1.33. The Labute approximate surface area is 111 Å². The molecular weight excluding hydrogens is 272 g/mol. The zero-order valence-electron chi connectivity index (χ0n) is 10.3. The van der Waals surface area contributed by atoms with Gasteiger partial charge in [0.1, 0.15) is 0 Å². The molecule has 0 amide bonds. The van der Waals surface area contributed by atoms with Crippen LogP contribution < -0.4 is 10.5 Å². The van der Waals surface area contributed by atoms with E-state index in [1.807, 2.05) is 0 Å². The van der Waals surface area contributed by atoms with E-state index in [2.05, 4.69) is 4.72 Å². The fourth-order valence-electron chi connectivity index (χ4n) is 1.48. The van der Waals surface area contributed by atoms with E-state index in [0.29, 0.717) is 6.42 Å². The number of nitrogen functional groups attached to an aromatic ring is 1. The minimum Gasteiger partial charge on any atom is -0.478 e. The number of aromatic carboxylic acids is 1. The number of rotatable bonds is 6. The van der Waals surface area contributed by atoms with E-state index in [9.17, 15) is 13.2 Å². The molecule has 0 fully saturated rings. The van der Waals surface area contributed by atoms with Crippen molar-refractivity contribution < 1.29 is 23.4 Å². The lowest BCUT2D eigenvalue weighted by Gasteiger charge is -2.15. The first-order chi connectivity index (χ1) is 8.81. The third kappa shape index (κ3) is 3.66. The van der Waals surface area contributed by atoms with Crippen molar-refractivity contribution in [3.05, 3.63) is 23.8 Å². The van der Waals surface area contributed by atoms with Crippen LogP contribution in [0.15, 0.2) is 23.1 Å². The van der Waals surface area contributed by atoms with Gasteiger partial charge in [-0.3, -0.25) is 0 Å². The van der Waals surface area contributed by atoms with E-state index in [1.54, 1.807) is 6.92 Å². The van der Waals surface area contributed by atoms with Gasteiger partial charge in [-0.1, -0.05) is 6.92 Å². The molecule has 0 saturated carbocycles. The van der Waals surface area contributed by atoms with Crippen LogP contribution in [0.1, 0.15) is 23.7 Å². The summed E-state index contributed by atoms with van der Waals surface area (Å²) in [6.07, 6.45) is 0.382. The number of nitrogens with one attached hydrogen (secondary N) is 1. The van der Waals surface area contributed by atoms with Crippen molar-refractivity contribution in [2.24, 2.45) is 0 Å². The fraction of sp³-hybridized carbons (Fsp3) is 0.364. The molecule has 0 heterocycles. The monoisotopic (exact) mass is 288 g/mol. The number of carbonyl (C=O) groups is 1. The molecule has 1 atom stereocenters. The molecule has 1 aromatic rings. The first kappa shape index (κ1) is 15.4. The first-order valence-electron chi connectivity index (χ1n) is 5.57. The zero-order valence-corrected chi connectivity index (χ0v) is 11.1. The summed E-state index contributed by atoms with van der Waals surface area (Å²) in [7, 11) is -4.02. The maximum Gasteiger partial charge on any atom is 0.337 e. The predicted molar refractivity (Wildman–Crippen MR) is 69.3 cm³/mol. The van der Waals surface area contributed by atoms with Crippen LogP contribution in [0.25, 0.3) is 0 Å². The lowest BCUT2D eigenvalue weighted by Crippen LogP contribution is -2.37.